The number of rotatable bonds is 6. The van der Waals surface area contributed by atoms with Crippen LogP contribution in [-0.4, -0.2) is 54.9 Å². The molecule has 1 amide bonds. The van der Waals surface area contributed by atoms with Gasteiger partial charge in [0.05, 0.1) is 42.3 Å². The number of nitrogens with zero attached hydrogens (tertiary/aromatic N) is 3. The second-order valence-corrected chi connectivity index (χ2v) is 7.73. The Morgan fingerprint density at radius 1 is 1.21 bits per heavy atom. The summed E-state index contributed by atoms with van der Waals surface area (Å²) in [5, 5.41) is 2.90. The molecule has 0 atom stereocenters. The van der Waals surface area contributed by atoms with E-state index in [1.807, 2.05) is 0 Å². The van der Waals surface area contributed by atoms with Crippen LogP contribution in [0.1, 0.15) is 19.3 Å². The van der Waals surface area contributed by atoms with Gasteiger partial charge in [0.2, 0.25) is 11.9 Å². The number of amides is 1. The molecule has 4 aliphatic rings. The Labute approximate surface area is 162 Å². The highest BCUT2D eigenvalue weighted by Crippen LogP contribution is 2.69. The van der Waals surface area contributed by atoms with Crippen molar-refractivity contribution in [2.24, 2.45) is 5.41 Å². The van der Waals surface area contributed by atoms with E-state index in [0.717, 1.165) is 32.4 Å². The lowest BCUT2D eigenvalue weighted by molar-refractivity contribution is -0.260. The number of methoxy groups -OCH3 is 1. The van der Waals surface area contributed by atoms with Crippen molar-refractivity contribution in [1.82, 2.24) is 9.97 Å². The molecule has 3 saturated carbocycles. The Balaban J connectivity index is 1.17. The molecule has 148 valence electrons. The Morgan fingerprint density at radius 3 is 2.61 bits per heavy atom. The minimum atomic E-state index is -0.280. The average Bonchev–Trinajstić information content (AvgIpc) is 3.08. The highest BCUT2D eigenvalue weighted by Gasteiger charge is 2.72. The van der Waals surface area contributed by atoms with Gasteiger partial charge >= 0.3 is 0 Å². The largest absolute Gasteiger partial charge is 0.432 e. The number of nitrogens with one attached hydrogen (secondary N) is 1. The van der Waals surface area contributed by atoms with Crippen molar-refractivity contribution in [1.29, 1.82) is 0 Å². The van der Waals surface area contributed by atoms with Crippen LogP contribution in [0.2, 0.25) is 0 Å². The summed E-state index contributed by atoms with van der Waals surface area (Å²) in [5.74, 6) is 1.39. The number of morpholine rings is 1. The van der Waals surface area contributed by atoms with Crippen LogP contribution in [0.5, 0.6) is 11.7 Å². The van der Waals surface area contributed by atoms with Crippen LogP contribution in [0.3, 0.4) is 0 Å². The minimum Gasteiger partial charge on any atom is -0.432 e. The average molecular weight is 386 g/mol. The van der Waals surface area contributed by atoms with Crippen LogP contribution in [0.25, 0.3) is 0 Å². The fourth-order valence-electron chi connectivity index (χ4n) is 4.26. The number of carbonyl (C=O) groups is 1. The number of hydrogen-bond donors (Lipinski definition) is 1. The number of ether oxygens (including phenoxy) is 3. The predicted octanol–water partition coefficient (Wildman–Crippen LogP) is 2.21. The molecule has 3 aliphatic carbocycles. The van der Waals surface area contributed by atoms with Crippen LogP contribution in [-0.2, 0) is 14.3 Å². The molecule has 1 aliphatic heterocycles. The first-order chi connectivity index (χ1) is 13.6. The quantitative estimate of drug-likeness (QED) is 0.807. The summed E-state index contributed by atoms with van der Waals surface area (Å²) in [6.45, 7) is 2.90. The summed E-state index contributed by atoms with van der Waals surface area (Å²) in [5.41, 5.74) is 0.231. The monoisotopic (exact) mass is 386 g/mol. The molecule has 1 N–H and O–H groups in total. The molecule has 0 spiro atoms. The lowest BCUT2D eigenvalue weighted by Gasteiger charge is -2.67. The third kappa shape index (κ3) is 2.91. The summed E-state index contributed by atoms with van der Waals surface area (Å²) >= 11 is 0. The van der Waals surface area contributed by atoms with Crippen LogP contribution in [0.15, 0.2) is 29.1 Å². The summed E-state index contributed by atoms with van der Waals surface area (Å²) in [6.07, 6.45) is 7.03. The molecule has 3 heterocycles. The van der Waals surface area contributed by atoms with Crippen LogP contribution in [0.4, 0.5) is 11.6 Å². The number of aromatic nitrogens is 2. The van der Waals surface area contributed by atoms with Crippen molar-refractivity contribution in [3.8, 4) is 11.7 Å². The first-order valence-electron chi connectivity index (χ1n) is 9.38. The van der Waals surface area contributed by atoms with E-state index in [0.29, 0.717) is 30.6 Å². The summed E-state index contributed by atoms with van der Waals surface area (Å²) in [6, 6.07) is 1.64. The Bertz CT molecular complexity index is 855. The Morgan fingerprint density at radius 2 is 1.93 bits per heavy atom. The zero-order chi connectivity index (χ0) is 19.2. The third-order valence-electron chi connectivity index (χ3n) is 5.86. The molecule has 4 fully saturated rings. The maximum Gasteiger partial charge on any atom is 0.292 e. The zero-order valence-corrected chi connectivity index (χ0v) is 15.6. The Kier molecular flexibility index (Phi) is 4.02. The van der Waals surface area contributed by atoms with Crippen LogP contribution < -0.4 is 15.0 Å². The summed E-state index contributed by atoms with van der Waals surface area (Å²) < 4.78 is 21.8. The molecule has 6 rings (SSSR count). The third-order valence-corrected chi connectivity index (χ3v) is 5.86. The summed E-state index contributed by atoms with van der Waals surface area (Å²) in [7, 11) is 1.71. The van der Waals surface area contributed by atoms with Gasteiger partial charge in [0.1, 0.15) is 6.26 Å². The summed E-state index contributed by atoms with van der Waals surface area (Å²) in [4.78, 5) is 23.2. The van der Waals surface area contributed by atoms with Gasteiger partial charge in [-0.05, 0) is 19.3 Å². The van der Waals surface area contributed by atoms with Gasteiger partial charge in [-0.25, -0.2) is 9.97 Å². The SMILES string of the molecule is COC12CC(C(=O)Nc3coc(Oc4cnc(N5CCOCC5)nc4)c3)(C1)C2. The maximum atomic E-state index is 12.5. The van der Waals surface area contributed by atoms with E-state index in [2.05, 4.69) is 20.2 Å². The normalized spacial score (nSPS) is 28.2. The van der Waals surface area contributed by atoms with Gasteiger partial charge in [-0.2, -0.15) is 0 Å². The maximum absolute atomic E-state index is 12.5. The fourth-order valence-corrected chi connectivity index (χ4v) is 4.26. The highest BCUT2D eigenvalue weighted by molar-refractivity contribution is 5.98. The van der Waals surface area contributed by atoms with Crippen molar-refractivity contribution in [2.45, 2.75) is 24.9 Å². The van der Waals surface area contributed by atoms with E-state index in [4.69, 9.17) is 18.6 Å². The number of anilines is 2. The topological polar surface area (TPSA) is 99.0 Å². The second kappa shape index (κ2) is 6.46. The van der Waals surface area contributed by atoms with Gasteiger partial charge in [-0.3, -0.25) is 4.79 Å². The number of carbonyl (C=O) groups excluding carboxylic acids is 1. The van der Waals surface area contributed by atoms with Gasteiger partial charge in [0, 0.05) is 26.3 Å². The van der Waals surface area contributed by atoms with Gasteiger partial charge in [-0.1, -0.05) is 0 Å². The van der Waals surface area contributed by atoms with E-state index >= 15 is 0 Å². The fraction of sp³-hybridized carbons (Fsp3) is 0.526. The lowest BCUT2D eigenvalue weighted by Crippen LogP contribution is -2.72. The molecule has 9 heteroatoms. The number of furan rings is 1. The molecule has 0 aromatic carbocycles. The molecular weight excluding hydrogens is 364 g/mol. The zero-order valence-electron chi connectivity index (χ0n) is 15.6. The molecule has 0 radical (unpaired) electrons. The second-order valence-electron chi connectivity index (χ2n) is 7.73. The number of hydrogen-bond acceptors (Lipinski definition) is 8. The molecule has 1 saturated heterocycles. The molecule has 28 heavy (non-hydrogen) atoms. The van der Waals surface area contributed by atoms with Crippen molar-refractivity contribution in [3.05, 3.63) is 24.7 Å². The van der Waals surface area contributed by atoms with E-state index < -0.39 is 0 Å². The van der Waals surface area contributed by atoms with Gasteiger partial charge in [0.25, 0.3) is 5.95 Å². The van der Waals surface area contributed by atoms with Crippen molar-refractivity contribution < 1.29 is 23.4 Å². The van der Waals surface area contributed by atoms with Crippen molar-refractivity contribution in [2.75, 3.05) is 43.6 Å². The standard InChI is InChI=1S/C19H22N4O5/c1-25-19-10-18(11-19,12-19)16(24)22-13-6-15(27-9-13)28-14-7-20-17(21-8-14)23-2-4-26-5-3-23/h6-9H,2-5,10-12H2,1H3,(H,22,24). The first kappa shape index (κ1) is 17.4. The molecule has 2 aromatic heterocycles. The van der Waals surface area contributed by atoms with Gasteiger partial charge in [-0.15, -0.1) is 0 Å². The van der Waals surface area contributed by atoms with Crippen molar-refractivity contribution in [3.63, 3.8) is 0 Å². The highest BCUT2D eigenvalue weighted by atomic mass is 16.6. The molecule has 0 unspecified atom stereocenters. The molecule has 9 nitrogen and oxygen atoms in total. The molecule has 2 aromatic rings. The van der Waals surface area contributed by atoms with E-state index in [-0.39, 0.29) is 22.9 Å². The van der Waals surface area contributed by atoms with Crippen LogP contribution in [0, 0.1) is 5.41 Å². The van der Waals surface area contributed by atoms with E-state index in [9.17, 15) is 4.79 Å². The molecule has 2 bridgehead atoms. The molecular formula is C19H22N4O5. The smallest absolute Gasteiger partial charge is 0.292 e. The predicted molar refractivity (Wildman–Crippen MR) is 98.5 cm³/mol. The van der Waals surface area contributed by atoms with Crippen molar-refractivity contribution >= 4 is 17.5 Å². The van der Waals surface area contributed by atoms with E-state index in [1.165, 1.54) is 6.26 Å². The van der Waals surface area contributed by atoms with Gasteiger partial charge in [0.15, 0.2) is 5.75 Å². The van der Waals surface area contributed by atoms with Gasteiger partial charge < -0.3 is 28.8 Å². The Hall–Kier alpha value is -2.65. The lowest BCUT2D eigenvalue weighted by atomic mass is 9.40. The first-order valence-corrected chi connectivity index (χ1v) is 9.38. The minimum absolute atomic E-state index is 0.0111. The van der Waals surface area contributed by atoms with Crippen LogP contribution >= 0.6 is 0 Å². The van der Waals surface area contributed by atoms with E-state index in [1.54, 1.807) is 25.6 Å².